The number of hydrogen-bond acceptors (Lipinski definition) is 2. The smallest absolute Gasteiger partial charge is 0.382 e. The van der Waals surface area contributed by atoms with Crippen molar-refractivity contribution < 1.29 is 27.1 Å². The number of halogens is 5. The minimum absolute atomic E-state index is 0.359. The Morgan fingerprint density at radius 1 is 1.18 bits per heavy atom. The fraction of sp³-hybridized carbons (Fsp3) is 0.400. The summed E-state index contributed by atoms with van der Waals surface area (Å²) in [4.78, 5) is 0. The van der Waals surface area contributed by atoms with E-state index >= 15 is 0 Å². The predicted molar refractivity (Wildman–Crippen MR) is 50.1 cm³/mol. The summed E-state index contributed by atoms with van der Waals surface area (Å²) in [6, 6.07) is 3.15. The van der Waals surface area contributed by atoms with Gasteiger partial charge in [0.1, 0.15) is 11.6 Å². The molecule has 2 N–H and O–H groups in total. The molecular formula is C10H10F5NO. The molecule has 0 fully saturated rings. The van der Waals surface area contributed by atoms with Crippen molar-refractivity contribution in [1.82, 2.24) is 5.32 Å². The molecule has 0 aliphatic rings. The monoisotopic (exact) mass is 255 g/mol. The van der Waals surface area contributed by atoms with Crippen molar-refractivity contribution in [2.75, 3.05) is 6.54 Å². The number of alkyl halides is 3. The van der Waals surface area contributed by atoms with E-state index in [4.69, 9.17) is 5.11 Å². The highest BCUT2D eigenvalue weighted by molar-refractivity contribution is 5.19. The molecular weight excluding hydrogens is 245 g/mol. The molecule has 7 heteroatoms. The lowest BCUT2D eigenvalue weighted by Crippen LogP contribution is -2.38. The highest BCUT2D eigenvalue weighted by atomic mass is 19.4. The van der Waals surface area contributed by atoms with Crippen LogP contribution in [0.4, 0.5) is 22.0 Å². The van der Waals surface area contributed by atoms with E-state index in [1.807, 2.05) is 0 Å². The van der Waals surface area contributed by atoms with Crippen LogP contribution in [0, 0.1) is 11.6 Å². The van der Waals surface area contributed by atoms with Crippen molar-refractivity contribution in [2.45, 2.75) is 18.8 Å². The SMILES string of the molecule is OC(CNCc1c(F)cccc1F)C(F)(F)F. The van der Waals surface area contributed by atoms with E-state index in [-0.39, 0.29) is 5.56 Å². The summed E-state index contributed by atoms with van der Waals surface area (Å²) < 4.78 is 61.8. The van der Waals surface area contributed by atoms with E-state index in [1.54, 1.807) is 0 Å². The maximum absolute atomic E-state index is 13.0. The quantitative estimate of drug-likeness (QED) is 0.806. The van der Waals surface area contributed by atoms with Crippen LogP contribution in [-0.2, 0) is 6.54 Å². The summed E-state index contributed by atoms with van der Waals surface area (Å²) in [6.07, 6.45) is -7.31. The van der Waals surface area contributed by atoms with E-state index in [9.17, 15) is 22.0 Å². The topological polar surface area (TPSA) is 32.3 Å². The van der Waals surface area contributed by atoms with E-state index in [2.05, 4.69) is 5.32 Å². The summed E-state index contributed by atoms with van der Waals surface area (Å²) in [5, 5.41) is 10.8. The highest BCUT2D eigenvalue weighted by Gasteiger charge is 2.37. The normalized spacial score (nSPS) is 13.8. The summed E-state index contributed by atoms with van der Waals surface area (Å²) in [5.74, 6) is -1.70. The van der Waals surface area contributed by atoms with Crippen LogP contribution in [0.5, 0.6) is 0 Å². The van der Waals surface area contributed by atoms with Crippen LogP contribution in [0.15, 0.2) is 18.2 Å². The van der Waals surface area contributed by atoms with Crippen LogP contribution in [-0.4, -0.2) is 23.9 Å². The average molecular weight is 255 g/mol. The summed E-state index contributed by atoms with van der Waals surface area (Å²) in [7, 11) is 0. The van der Waals surface area contributed by atoms with Crippen LogP contribution in [0.3, 0.4) is 0 Å². The second-order valence-electron chi connectivity index (χ2n) is 3.39. The summed E-state index contributed by atoms with van der Waals surface area (Å²) in [5.41, 5.74) is -0.359. The molecule has 1 unspecified atom stereocenters. The molecule has 2 nitrogen and oxygen atoms in total. The van der Waals surface area contributed by atoms with Gasteiger partial charge >= 0.3 is 6.18 Å². The first-order valence-corrected chi connectivity index (χ1v) is 4.70. The van der Waals surface area contributed by atoms with Gasteiger partial charge in [0.2, 0.25) is 0 Å². The second kappa shape index (κ2) is 5.42. The number of nitrogens with one attached hydrogen (secondary N) is 1. The van der Waals surface area contributed by atoms with Gasteiger partial charge in [0.15, 0.2) is 6.10 Å². The molecule has 0 saturated heterocycles. The van der Waals surface area contributed by atoms with Gasteiger partial charge in [-0.25, -0.2) is 8.78 Å². The summed E-state index contributed by atoms with van der Waals surface area (Å²) >= 11 is 0. The fourth-order valence-corrected chi connectivity index (χ4v) is 1.15. The van der Waals surface area contributed by atoms with E-state index in [1.165, 1.54) is 0 Å². The lowest BCUT2D eigenvalue weighted by Gasteiger charge is -2.15. The zero-order chi connectivity index (χ0) is 13.1. The van der Waals surface area contributed by atoms with Gasteiger partial charge in [-0.05, 0) is 12.1 Å². The predicted octanol–water partition coefficient (Wildman–Crippen LogP) is 1.98. The Labute approximate surface area is 94.1 Å². The molecule has 17 heavy (non-hydrogen) atoms. The molecule has 0 amide bonds. The van der Waals surface area contributed by atoms with Gasteiger partial charge in [-0.1, -0.05) is 6.07 Å². The van der Waals surface area contributed by atoms with Crippen LogP contribution in [0.25, 0.3) is 0 Å². The van der Waals surface area contributed by atoms with Crippen molar-refractivity contribution in [1.29, 1.82) is 0 Å². The van der Waals surface area contributed by atoms with Gasteiger partial charge in [-0.15, -0.1) is 0 Å². The maximum Gasteiger partial charge on any atom is 0.415 e. The molecule has 0 heterocycles. The Kier molecular flexibility index (Phi) is 4.41. The van der Waals surface area contributed by atoms with Crippen molar-refractivity contribution in [3.05, 3.63) is 35.4 Å². The minimum atomic E-state index is -4.75. The third-order valence-corrected chi connectivity index (χ3v) is 2.08. The Balaban J connectivity index is 2.52. The molecule has 1 aromatic carbocycles. The third-order valence-electron chi connectivity index (χ3n) is 2.08. The zero-order valence-electron chi connectivity index (χ0n) is 8.56. The molecule has 0 spiro atoms. The molecule has 0 saturated carbocycles. The number of hydrogen-bond donors (Lipinski definition) is 2. The van der Waals surface area contributed by atoms with Gasteiger partial charge in [0, 0.05) is 18.7 Å². The first-order chi connectivity index (χ1) is 7.82. The van der Waals surface area contributed by atoms with E-state index < -0.39 is 37.0 Å². The van der Waals surface area contributed by atoms with Crippen molar-refractivity contribution >= 4 is 0 Å². The van der Waals surface area contributed by atoms with Crippen LogP contribution < -0.4 is 5.32 Å². The number of aliphatic hydroxyl groups excluding tert-OH is 1. The van der Waals surface area contributed by atoms with Crippen molar-refractivity contribution in [2.24, 2.45) is 0 Å². The van der Waals surface area contributed by atoms with Gasteiger partial charge in [0.05, 0.1) is 0 Å². The number of aliphatic hydroxyl groups is 1. The Morgan fingerprint density at radius 3 is 2.18 bits per heavy atom. The van der Waals surface area contributed by atoms with Crippen LogP contribution in [0.2, 0.25) is 0 Å². The Bertz CT molecular complexity index is 359. The first kappa shape index (κ1) is 13.9. The van der Waals surface area contributed by atoms with Crippen LogP contribution in [0.1, 0.15) is 5.56 Å². The van der Waals surface area contributed by atoms with Gasteiger partial charge in [0.25, 0.3) is 0 Å². The number of benzene rings is 1. The minimum Gasteiger partial charge on any atom is -0.382 e. The zero-order valence-corrected chi connectivity index (χ0v) is 8.56. The van der Waals surface area contributed by atoms with Crippen molar-refractivity contribution in [3.8, 4) is 0 Å². The molecule has 1 aromatic rings. The van der Waals surface area contributed by atoms with Crippen LogP contribution >= 0.6 is 0 Å². The largest absolute Gasteiger partial charge is 0.415 e. The van der Waals surface area contributed by atoms with E-state index in [0.29, 0.717) is 0 Å². The van der Waals surface area contributed by atoms with E-state index in [0.717, 1.165) is 18.2 Å². The second-order valence-corrected chi connectivity index (χ2v) is 3.39. The molecule has 0 aliphatic heterocycles. The highest BCUT2D eigenvalue weighted by Crippen LogP contribution is 2.19. The van der Waals surface area contributed by atoms with Gasteiger partial charge in [-0.3, -0.25) is 0 Å². The Hall–Kier alpha value is -1.21. The molecule has 1 rings (SSSR count). The lowest BCUT2D eigenvalue weighted by atomic mass is 10.2. The summed E-state index contributed by atoms with van der Waals surface area (Å²) in [6.45, 7) is -1.25. The molecule has 0 radical (unpaired) electrons. The molecule has 0 bridgehead atoms. The van der Waals surface area contributed by atoms with Crippen molar-refractivity contribution in [3.63, 3.8) is 0 Å². The number of rotatable bonds is 4. The standard InChI is InChI=1S/C10H10F5NO/c11-7-2-1-3-8(12)6(7)4-16-5-9(17)10(13,14)15/h1-3,9,16-17H,4-5H2. The molecule has 1 atom stereocenters. The van der Waals surface area contributed by atoms with Gasteiger partial charge in [-0.2, -0.15) is 13.2 Å². The average Bonchev–Trinajstić information content (AvgIpc) is 2.20. The third kappa shape index (κ3) is 3.94. The molecule has 0 aliphatic carbocycles. The Morgan fingerprint density at radius 2 is 1.71 bits per heavy atom. The maximum atomic E-state index is 13.0. The molecule has 0 aromatic heterocycles. The fourth-order valence-electron chi connectivity index (χ4n) is 1.15. The van der Waals surface area contributed by atoms with Gasteiger partial charge < -0.3 is 10.4 Å². The lowest BCUT2D eigenvalue weighted by molar-refractivity contribution is -0.201. The molecule has 96 valence electrons. The first-order valence-electron chi connectivity index (χ1n) is 4.70.